The number of ether oxygens (including phenoxy) is 1. The monoisotopic (exact) mass is 509 g/mol. The number of rotatable bonds is 10. The quantitative estimate of drug-likeness (QED) is 0.455. The number of halogens is 1. The number of carbonyl (C=O) groups excluding carboxylic acids is 3. The van der Waals surface area contributed by atoms with Gasteiger partial charge in [-0.15, -0.1) is 0 Å². The molecule has 2 aromatic rings. The smallest absolute Gasteiger partial charge is 0.414 e. The van der Waals surface area contributed by atoms with Gasteiger partial charge in [0.15, 0.2) is 5.78 Å². The molecule has 2 saturated heterocycles. The van der Waals surface area contributed by atoms with E-state index in [1.807, 2.05) is 25.1 Å². The van der Waals surface area contributed by atoms with Crippen molar-refractivity contribution in [2.45, 2.75) is 64.4 Å². The molecule has 7 nitrogen and oxygen atoms in total. The summed E-state index contributed by atoms with van der Waals surface area (Å²) in [5, 5.41) is 6.06. The molecule has 198 valence electrons. The van der Waals surface area contributed by atoms with Gasteiger partial charge in [-0.3, -0.25) is 14.5 Å². The van der Waals surface area contributed by atoms with Gasteiger partial charge in [0, 0.05) is 24.0 Å². The van der Waals surface area contributed by atoms with Crippen LogP contribution in [0.3, 0.4) is 0 Å². The van der Waals surface area contributed by atoms with E-state index in [4.69, 9.17) is 4.74 Å². The standard InChI is InChI=1S/C29H36FN3O4/c1-3-5-20-8-9-23(19(2)16-20)26(34)10-11-27(35)32-17-22-18-33(29(36)37-22)25-7-4-6-24(30)28(25)21-12-14-31-15-13-21/h4,6-9,16,21-22,31H,3,5,10-15,17-18H2,1-2H3,(H,32,35)/t22-/m0/s1. The molecule has 2 heterocycles. The number of cyclic esters (lactones) is 1. The molecule has 0 saturated carbocycles. The van der Waals surface area contributed by atoms with Crippen molar-refractivity contribution in [1.29, 1.82) is 0 Å². The van der Waals surface area contributed by atoms with Crippen LogP contribution >= 0.6 is 0 Å². The minimum absolute atomic E-state index is 0.0352. The third-order valence-electron chi connectivity index (χ3n) is 7.18. The average molecular weight is 510 g/mol. The Hall–Kier alpha value is -3.26. The molecule has 37 heavy (non-hydrogen) atoms. The van der Waals surface area contributed by atoms with Crippen molar-refractivity contribution < 1.29 is 23.5 Å². The highest BCUT2D eigenvalue weighted by Gasteiger charge is 2.35. The van der Waals surface area contributed by atoms with Crippen LogP contribution < -0.4 is 15.5 Å². The van der Waals surface area contributed by atoms with Gasteiger partial charge in [-0.25, -0.2) is 9.18 Å². The highest BCUT2D eigenvalue weighted by Crippen LogP contribution is 2.36. The summed E-state index contributed by atoms with van der Waals surface area (Å²) < 4.78 is 20.3. The Bertz CT molecular complexity index is 1150. The zero-order chi connectivity index (χ0) is 26.4. The number of benzene rings is 2. The molecule has 2 fully saturated rings. The topological polar surface area (TPSA) is 87.7 Å². The van der Waals surface area contributed by atoms with E-state index >= 15 is 0 Å². The highest BCUT2D eigenvalue weighted by atomic mass is 19.1. The summed E-state index contributed by atoms with van der Waals surface area (Å²) in [6.45, 7) is 6.02. The fourth-order valence-corrected chi connectivity index (χ4v) is 5.26. The second-order valence-corrected chi connectivity index (χ2v) is 9.94. The molecule has 0 spiro atoms. The predicted molar refractivity (Wildman–Crippen MR) is 141 cm³/mol. The fraction of sp³-hybridized carbons (Fsp3) is 0.483. The van der Waals surface area contributed by atoms with Crippen LogP contribution in [-0.2, 0) is 16.0 Å². The first-order valence-electron chi connectivity index (χ1n) is 13.2. The number of aryl methyl sites for hydroxylation is 2. The van der Waals surface area contributed by atoms with Gasteiger partial charge in [0.05, 0.1) is 18.8 Å². The van der Waals surface area contributed by atoms with Crippen LogP contribution in [0.2, 0.25) is 0 Å². The molecular formula is C29H36FN3O4. The van der Waals surface area contributed by atoms with E-state index in [1.165, 1.54) is 16.5 Å². The number of hydrogen-bond acceptors (Lipinski definition) is 5. The molecule has 4 rings (SSSR count). The average Bonchev–Trinajstić information content (AvgIpc) is 3.27. The molecule has 0 unspecified atom stereocenters. The Kier molecular flexibility index (Phi) is 8.92. The lowest BCUT2D eigenvalue weighted by molar-refractivity contribution is -0.121. The van der Waals surface area contributed by atoms with Gasteiger partial charge in [0.1, 0.15) is 11.9 Å². The summed E-state index contributed by atoms with van der Waals surface area (Å²) in [5.41, 5.74) is 3.87. The van der Waals surface area contributed by atoms with Gasteiger partial charge in [0.2, 0.25) is 5.91 Å². The van der Waals surface area contributed by atoms with Gasteiger partial charge in [0.25, 0.3) is 0 Å². The molecule has 0 radical (unpaired) electrons. The first-order valence-corrected chi connectivity index (χ1v) is 13.2. The third-order valence-corrected chi connectivity index (χ3v) is 7.18. The van der Waals surface area contributed by atoms with Crippen molar-refractivity contribution in [2.75, 3.05) is 31.1 Å². The zero-order valence-electron chi connectivity index (χ0n) is 21.6. The number of ketones is 1. The van der Waals surface area contributed by atoms with Crippen molar-refractivity contribution in [3.8, 4) is 0 Å². The van der Waals surface area contributed by atoms with E-state index in [0.717, 1.165) is 44.3 Å². The molecule has 8 heteroatoms. The number of nitrogens with one attached hydrogen (secondary N) is 2. The Morgan fingerprint density at radius 2 is 1.95 bits per heavy atom. The van der Waals surface area contributed by atoms with Crippen molar-refractivity contribution in [3.63, 3.8) is 0 Å². The normalized spacial score (nSPS) is 18.1. The van der Waals surface area contributed by atoms with Gasteiger partial charge in [-0.05, 0) is 68.5 Å². The Balaban J connectivity index is 1.30. The highest BCUT2D eigenvalue weighted by molar-refractivity contribution is 5.99. The van der Waals surface area contributed by atoms with Gasteiger partial charge >= 0.3 is 6.09 Å². The Morgan fingerprint density at radius 3 is 2.68 bits per heavy atom. The van der Waals surface area contributed by atoms with Crippen LogP contribution in [0.15, 0.2) is 36.4 Å². The van der Waals surface area contributed by atoms with Crippen LogP contribution in [0.5, 0.6) is 0 Å². The molecule has 2 amide bonds. The number of piperidine rings is 1. The van der Waals surface area contributed by atoms with Gasteiger partial charge in [-0.2, -0.15) is 0 Å². The summed E-state index contributed by atoms with van der Waals surface area (Å²) in [6, 6.07) is 10.6. The van der Waals surface area contributed by atoms with Crippen LogP contribution in [0.4, 0.5) is 14.9 Å². The first kappa shape index (κ1) is 26.8. The maximum Gasteiger partial charge on any atom is 0.414 e. The molecule has 0 aliphatic carbocycles. The number of anilines is 1. The first-order chi connectivity index (χ1) is 17.9. The number of Topliss-reactive ketones (excluding diaryl/α,β-unsaturated/α-hetero) is 1. The summed E-state index contributed by atoms with van der Waals surface area (Å²) >= 11 is 0. The van der Waals surface area contributed by atoms with Crippen LogP contribution in [0.1, 0.15) is 72.0 Å². The molecule has 2 aromatic carbocycles. The molecule has 1 atom stereocenters. The van der Waals surface area contributed by atoms with Crippen LogP contribution in [-0.4, -0.2) is 50.1 Å². The second kappa shape index (κ2) is 12.3. The molecule has 0 aromatic heterocycles. The molecule has 2 aliphatic rings. The number of carbonyl (C=O) groups is 3. The lowest BCUT2D eigenvalue weighted by Gasteiger charge is -2.27. The van der Waals surface area contributed by atoms with E-state index in [9.17, 15) is 18.8 Å². The third kappa shape index (κ3) is 6.55. The largest absolute Gasteiger partial charge is 0.442 e. The van der Waals surface area contributed by atoms with E-state index in [2.05, 4.69) is 17.6 Å². The van der Waals surface area contributed by atoms with E-state index < -0.39 is 12.2 Å². The molecule has 2 N–H and O–H groups in total. The number of hydrogen-bond donors (Lipinski definition) is 2. The van der Waals surface area contributed by atoms with Crippen molar-refractivity contribution in [1.82, 2.24) is 10.6 Å². The van der Waals surface area contributed by atoms with Crippen molar-refractivity contribution >= 4 is 23.5 Å². The van der Waals surface area contributed by atoms with E-state index in [0.29, 0.717) is 16.8 Å². The van der Waals surface area contributed by atoms with Crippen molar-refractivity contribution in [2.24, 2.45) is 0 Å². The molecular weight excluding hydrogens is 473 g/mol. The minimum Gasteiger partial charge on any atom is -0.442 e. The molecule has 0 bridgehead atoms. The maximum absolute atomic E-state index is 14.8. The molecule has 2 aliphatic heterocycles. The van der Waals surface area contributed by atoms with Crippen LogP contribution in [0.25, 0.3) is 0 Å². The Morgan fingerprint density at radius 1 is 1.16 bits per heavy atom. The van der Waals surface area contributed by atoms with Gasteiger partial charge < -0.3 is 15.4 Å². The zero-order valence-corrected chi connectivity index (χ0v) is 21.6. The van der Waals surface area contributed by atoms with E-state index in [-0.39, 0.29) is 49.4 Å². The minimum atomic E-state index is -0.551. The summed E-state index contributed by atoms with van der Waals surface area (Å²) in [4.78, 5) is 39.2. The second-order valence-electron chi connectivity index (χ2n) is 9.94. The van der Waals surface area contributed by atoms with E-state index in [1.54, 1.807) is 12.1 Å². The summed E-state index contributed by atoms with van der Waals surface area (Å²) in [5.74, 6) is -0.614. The summed E-state index contributed by atoms with van der Waals surface area (Å²) in [7, 11) is 0. The lowest BCUT2D eigenvalue weighted by atomic mass is 9.88. The lowest BCUT2D eigenvalue weighted by Crippen LogP contribution is -2.35. The SMILES string of the molecule is CCCc1ccc(C(=O)CCC(=O)NC[C@H]2CN(c3cccc(F)c3C3CCNCC3)C(=O)O2)c(C)c1. The van der Waals surface area contributed by atoms with Gasteiger partial charge in [-0.1, -0.05) is 37.6 Å². The number of nitrogens with zero attached hydrogens (tertiary/aromatic N) is 1. The van der Waals surface area contributed by atoms with Crippen LogP contribution in [0, 0.1) is 12.7 Å². The summed E-state index contributed by atoms with van der Waals surface area (Å²) in [6.07, 6.45) is 2.70. The van der Waals surface area contributed by atoms with Crippen molar-refractivity contribution in [3.05, 3.63) is 64.5 Å². The fourth-order valence-electron chi connectivity index (χ4n) is 5.26. The predicted octanol–water partition coefficient (Wildman–Crippen LogP) is 4.66. The number of amides is 2. The Labute approximate surface area is 217 Å². The maximum atomic E-state index is 14.8.